The Bertz CT molecular complexity index is 1060. The lowest BCUT2D eigenvalue weighted by atomic mass is 10.0. The molecule has 0 amide bonds. The van der Waals surface area contributed by atoms with Gasteiger partial charge in [0.05, 0.1) is 25.4 Å². The number of benzene rings is 2. The van der Waals surface area contributed by atoms with Gasteiger partial charge in [-0.25, -0.2) is 0 Å². The Labute approximate surface area is 280 Å². The Hall–Kier alpha value is -2.40. The van der Waals surface area contributed by atoms with Crippen LogP contribution in [-0.2, 0) is 0 Å². The predicted octanol–water partition coefficient (Wildman–Crippen LogP) is 12.5. The summed E-state index contributed by atoms with van der Waals surface area (Å²) in [5.74, 6) is 2.69. The highest BCUT2D eigenvalue weighted by molar-refractivity contribution is 7.99. The van der Waals surface area contributed by atoms with Crippen molar-refractivity contribution in [3.63, 3.8) is 0 Å². The lowest BCUT2D eigenvalue weighted by molar-refractivity contribution is 0.104. The maximum atomic E-state index is 13.1. The van der Waals surface area contributed by atoms with E-state index in [9.17, 15) is 4.79 Å². The Kier molecular flexibility index (Phi) is 22.2. The first-order chi connectivity index (χ1) is 22.1. The van der Waals surface area contributed by atoms with Crippen molar-refractivity contribution in [2.75, 3.05) is 25.6 Å². The Morgan fingerprint density at radius 1 is 0.578 bits per heavy atom. The van der Waals surface area contributed by atoms with Gasteiger partial charge in [0.1, 0.15) is 5.75 Å². The molecule has 0 N–H and O–H groups in total. The Morgan fingerprint density at radius 2 is 1.02 bits per heavy atom. The summed E-state index contributed by atoms with van der Waals surface area (Å²) in [6, 6.07) is 11.9. The summed E-state index contributed by atoms with van der Waals surface area (Å²) in [5.41, 5.74) is 1.47. The standard InChI is InChI=1S/C40H62O4S/c1-5-9-10-11-12-13-14-15-16-17-18-19-20-21-22-23-24-31-45-35-28-25-34(26-29-35)27-30-37(41)36-32-39(43-7-3)40(44-8-4)33-38(36)42-6-2/h25-30,32-33H,5-24,31H2,1-4H3/b30-27+. The van der Waals surface area contributed by atoms with Gasteiger partial charge in [-0.3, -0.25) is 4.79 Å². The van der Waals surface area contributed by atoms with Crippen LogP contribution >= 0.6 is 11.8 Å². The second-order valence-electron chi connectivity index (χ2n) is 11.9. The molecule has 45 heavy (non-hydrogen) atoms. The minimum absolute atomic E-state index is 0.125. The van der Waals surface area contributed by atoms with Gasteiger partial charge in [0, 0.05) is 11.0 Å². The van der Waals surface area contributed by atoms with Gasteiger partial charge in [-0.15, -0.1) is 11.8 Å². The van der Waals surface area contributed by atoms with Crippen LogP contribution in [0.25, 0.3) is 6.08 Å². The maximum absolute atomic E-state index is 13.1. The topological polar surface area (TPSA) is 44.8 Å². The molecule has 5 heteroatoms. The van der Waals surface area contributed by atoms with Gasteiger partial charge in [-0.1, -0.05) is 128 Å². The van der Waals surface area contributed by atoms with Crippen LogP contribution in [0.3, 0.4) is 0 Å². The molecule has 0 saturated heterocycles. The number of hydrogen-bond donors (Lipinski definition) is 0. The maximum Gasteiger partial charge on any atom is 0.189 e. The first-order valence-electron chi connectivity index (χ1n) is 18.1. The molecule has 2 aromatic rings. The molecule has 0 radical (unpaired) electrons. The molecule has 0 spiro atoms. The van der Waals surface area contributed by atoms with Crippen LogP contribution in [0.2, 0.25) is 0 Å². The number of hydrogen-bond acceptors (Lipinski definition) is 5. The Balaban J connectivity index is 1.60. The normalized spacial score (nSPS) is 11.3. The molecule has 0 aliphatic carbocycles. The van der Waals surface area contributed by atoms with E-state index in [1.54, 1.807) is 18.2 Å². The third-order valence-corrected chi connectivity index (χ3v) is 9.13. The van der Waals surface area contributed by atoms with Crippen LogP contribution in [0.4, 0.5) is 0 Å². The molecule has 252 valence electrons. The predicted molar refractivity (Wildman–Crippen MR) is 195 cm³/mol. The fraction of sp³-hybridized carbons (Fsp3) is 0.625. The molecule has 4 nitrogen and oxygen atoms in total. The van der Waals surface area contributed by atoms with Crippen molar-refractivity contribution in [3.05, 3.63) is 53.6 Å². The minimum Gasteiger partial charge on any atom is -0.493 e. The van der Waals surface area contributed by atoms with Crippen LogP contribution in [0.1, 0.15) is 153 Å². The van der Waals surface area contributed by atoms with E-state index in [1.807, 2.05) is 38.6 Å². The largest absolute Gasteiger partial charge is 0.493 e. The van der Waals surface area contributed by atoms with E-state index in [0.29, 0.717) is 42.6 Å². The van der Waals surface area contributed by atoms with Gasteiger partial charge in [-0.05, 0) is 62.8 Å². The number of unbranched alkanes of at least 4 members (excludes halogenated alkanes) is 16. The monoisotopic (exact) mass is 638 g/mol. The summed E-state index contributed by atoms with van der Waals surface area (Å²) < 4.78 is 17.2. The number of thioether (sulfide) groups is 1. The van der Waals surface area contributed by atoms with Gasteiger partial charge >= 0.3 is 0 Å². The van der Waals surface area contributed by atoms with Crippen LogP contribution in [0, 0.1) is 0 Å². The minimum atomic E-state index is -0.125. The molecule has 2 rings (SSSR count). The number of allylic oxidation sites excluding steroid dienone is 1. The highest BCUT2D eigenvalue weighted by atomic mass is 32.2. The molecule has 0 unspecified atom stereocenters. The van der Waals surface area contributed by atoms with E-state index in [-0.39, 0.29) is 5.78 Å². The SMILES string of the molecule is CCCCCCCCCCCCCCCCCCCSc1ccc(/C=C/C(=O)c2cc(OCC)c(OCC)cc2OCC)cc1. The highest BCUT2D eigenvalue weighted by Gasteiger charge is 2.17. The van der Waals surface area contributed by atoms with Gasteiger partial charge in [0.2, 0.25) is 0 Å². The van der Waals surface area contributed by atoms with Crippen molar-refractivity contribution in [2.24, 2.45) is 0 Å². The van der Waals surface area contributed by atoms with Crippen LogP contribution in [0.5, 0.6) is 17.2 Å². The molecule has 2 aromatic carbocycles. The molecule has 0 aliphatic heterocycles. The summed E-state index contributed by atoms with van der Waals surface area (Å²) in [4.78, 5) is 14.4. The van der Waals surface area contributed by atoms with Crippen LogP contribution in [0.15, 0.2) is 47.4 Å². The molecular weight excluding hydrogens is 577 g/mol. The van der Waals surface area contributed by atoms with Gasteiger partial charge in [0.15, 0.2) is 17.3 Å². The zero-order valence-electron chi connectivity index (χ0n) is 29.0. The second-order valence-corrected chi connectivity index (χ2v) is 13.0. The van der Waals surface area contributed by atoms with E-state index in [0.717, 1.165) is 11.3 Å². The first kappa shape index (κ1) is 38.8. The fourth-order valence-corrected chi connectivity index (χ4v) is 6.41. The third-order valence-electron chi connectivity index (χ3n) is 8.03. The third kappa shape index (κ3) is 17.2. The summed E-state index contributed by atoms with van der Waals surface area (Å²) >= 11 is 1.92. The molecule has 0 saturated carbocycles. The number of ketones is 1. The summed E-state index contributed by atoms with van der Waals surface area (Å²) in [7, 11) is 0. The van der Waals surface area contributed by atoms with Gasteiger partial charge < -0.3 is 14.2 Å². The zero-order chi connectivity index (χ0) is 32.4. The molecular formula is C40H62O4S. The summed E-state index contributed by atoms with van der Waals surface area (Å²) in [6.45, 7) is 9.48. The van der Waals surface area contributed by atoms with E-state index in [4.69, 9.17) is 14.2 Å². The van der Waals surface area contributed by atoms with E-state index in [1.165, 1.54) is 114 Å². The molecule has 0 fully saturated rings. The smallest absolute Gasteiger partial charge is 0.189 e. The van der Waals surface area contributed by atoms with E-state index < -0.39 is 0 Å². The second kappa shape index (κ2) is 25.8. The Morgan fingerprint density at radius 3 is 1.51 bits per heavy atom. The van der Waals surface area contributed by atoms with Crippen molar-refractivity contribution in [2.45, 2.75) is 142 Å². The number of rotatable bonds is 28. The van der Waals surface area contributed by atoms with Crippen molar-refractivity contribution in [3.8, 4) is 17.2 Å². The van der Waals surface area contributed by atoms with Crippen molar-refractivity contribution in [1.29, 1.82) is 0 Å². The molecule has 0 aromatic heterocycles. The van der Waals surface area contributed by atoms with Crippen LogP contribution in [-0.4, -0.2) is 31.4 Å². The lowest BCUT2D eigenvalue weighted by Gasteiger charge is -2.15. The first-order valence-corrected chi connectivity index (χ1v) is 19.1. The van der Waals surface area contributed by atoms with Crippen LogP contribution < -0.4 is 14.2 Å². The van der Waals surface area contributed by atoms with E-state index >= 15 is 0 Å². The average Bonchev–Trinajstić information content (AvgIpc) is 3.05. The average molecular weight is 639 g/mol. The zero-order valence-corrected chi connectivity index (χ0v) is 29.8. The van der Waals surface area contributed by atoms with Gasteiger partial charge in [0.25, 0.3) is 0 Å². The summed E-state index contributed by atoms with van der Waals surface area (Å²) in [5, 5.41) is 0. The fourth-order valence-electron chi connectivity index (χ4n) is 5.50. The summed E-state index contributed by atoms with van der Waals surface area (Å²) in [6.07, 6.45) is 27.4. The van der Waals surface area contributed by atoms with Gasteiger partial charge in [-0.2, -0.15) is 0 Å². The van der Waals surface area contributed by atoms with Crippen molar-refractivity contribution >= 4 is 23.6 Å². The van der Waals surface area contributed by atoms with Crippen molar-refractivity contribution in [1.82, 2.24) is 0 Å². The number of ether oxygens (including phenoxy) is 3. The molecule has 0 aliphatic rings. The number of carbonyl (C=O) groups is 1. The number of carbonyl (C=O) groups excluding carboxylic acids is 1. The van der Waals surface area contributed by atoms with Crippen molar-refractivity contribution < 1.29 is 19.0 Å². The van der Waals surface area contributed by atoms with E-state index in [2.05, 4.69) is 31.2 Å². The highest BCUT2D eigenvalue weighted by Crippen LogP contribution is 2.36. The molecule has 0 atom stereocenters. The molecule has 0 heterocycles. The lowest BCUT2D eigenvalue weighted by Crippen LogP contribution is -2.05. The molecule has 0 bridgehead atoms. The quantitative estimate of drug-likeness (QED) is 0.0401.